The van der Waals surface area contributed by atoms with Crippen LogP contribution in [0.15, 0.2) is 48.5 Å². The van der Waals surface area contributed by atoms with Crippen LogP contribution >= 0.6 is 11.3 Å². The van der Waals surface area contributed by atoms with Crippen LogP contribution in [-0.2, 0) is 6.61 Å². The number of benzene rings is 2. The molecule has 5 heteroatoms. The summed E-state index contributed by atoms with van der Waals surface area (Å²) in [6.07, 6.45) is 0. The molecule has 2 aromatic carbocycles. The van der Waals surface area contributed by atoms with E-state index in [-0.39, 0.29) is 0 Å². The van der Waals surface area contributed by atoms with Gasteiger partial charge in [0.25, 0.3) is 0 Å². The van der Waals surface area contributed by atoms with Gasteiger partial charge in [-0.25, -0.2) is 4.98 Å². The van der Waals surface area contributed by atoms with Crippen molar-refractivity contribution in [3.63, 3.8) is 0 Å². The number of fused-ring (bicyclic) bond motifs is 1. The van der Waals surface area contributed by atoms with E-state index in [0.717, 1.165) is 22.0 Å². The fraction of sp³-hybridized carbons (Fsp3) is 0.0714. The Morgan fingerprint density at radius 2 is 1.89 bits per heavy atom. The number of hydrogen-bond acceptors (Lipinski definition) is 5. The number of thiazole rings is 1. The van der Waals surface area contributed by atoms with Gasteiger partial charge in [-0.15, -0.1) is 11.3 Å². The highest BCUT2D eigenvalue weighted by Crippen LogP contribution is 2.23. The maximum absolute atomic E-state index is 5.70. The van der Waals surface area contributed by atoms with Crippen LogP contribution in [0, 0.1) is 0 Å². The first-order valence-corrected chi connectivity index (χ1v) is 6.71. The van der Waals surface area contributed by atoms with Gasteiger partial charge in [0.05, 0.1) is 10.2 Å². The van der Waals surface area contributed by atoms with E-state index in [1.54, 1.807) is 11.3 Å². The van der Waals surface area contributed by atoms with Gasteiger partial charge in [-0.3, -0.25) is 5.84 Å². The third-order valence-electron chi connectivity index (χ3n) is 2.72. The van der Waals surface area contributed by atoms with E-state index < -0.39 is 0 Å². The molecular formula is C14H13N3OS. The second-order valence-electron chi connectivity index (χ2n) is 4.03. The molecule has 0 amide bonds. The molecule has 0 saturated heterocycles. The maximum Gasteiger partial charge on any atom is 0.140 e. The number of ether oxygens (including phenoxy) is 1. The number of nitrogens with one attached hydrogen (secondary N) is 1. The largest absolute Gasteiger partial charge is 0.486 e. The Morgan fingerprint density at radius 1 is 1.11 bits per heavy atom. The van der Waals surface area contributed by atoms with Crippen LogP contribution in [0.5, 0.6) is 5.75 Å². The highest BCUT2D eigenvalue weighted by atomic mass is 32.1. The number of aromatic nitrogens is 1. The number of hydrazine groups is 1. The number of rotatable bonds is 4. The number of anilines is 1. The topological polar surface area (TPSA) is 60.2 Å². The molecule has 0 aliphatic carbocycles. The summed E-state index contributed by atoms with van der Waals surface area (Å²) in [5.41, 5.74) is 4.46. The molecule has 4 nitrogen and oxygen atoms in total. The summed E-state index contributed by atoms with van der Waals surface area (Å²) in [6.45, 7) is 0.481. The summed E-state index contributed by atoms with van der Waals surface area (Å²) < 4.78 is 6.88. The molecule has 3 rings (SSSR count). The molecule has 0 radical (unpaired) electrons. The SMILES string of the molecule is NNc1ccc(OCc2nc3ccccc3s2)cc1. The minimum atomic E-state index is 0.481. The van der Waals surface area contributed by atoms with E-state index in [9.17, 15) is 0 Å². The highest BCUT2D eigenvalue weighted by molar-refractivity contribution is 7.18. The fourth-order valence-corrected chi connectivity index (χ4v) is 2.65. The van der Waals surface area contributed by atoms with Gasteiger partial charge in [0.1, 0.15) is 17.4 Å². The van der Waals surface area contributed by atoms with Gasteiger partial charge in [0.2, 0.25) is 0 Å². The van der Waals surface area contributed by atoms with Crippen LogP contribution in [0.1, 0.15) is 5.01 Å². The Bertz CT molecular complexity index is 645. The quantitative estimate of drug-likeness (QED) is 0.565. The van der Waals surface area contributed by atoms with Crippen LogP contribution in [0.25, 0.3) is 10.2 Å². The molecule has 3 aromatic rings. The molecule has 0 saturated carbocycles. The molecule has 0 atom stereocenters. The molecule has 0 aliphatic rings. The molecule has 0 unspecified atom stereocenters. The van der Waals surface area contributed by atoms with Crippen molar-refractivity contribution < 1.29 is 4.74 Å². The van der Waals surface area contributed by atoms with Crippen LogP contribution in [0.2, 0.25) is 0 Å². The zero-order chi connectivity index (χ0) is 13.1. The lowest BCUT2D eigenvalue weighted by Crippen LogP contribution is -2.06. The molecule has 19 heavy (non-hydrogen) atoms. The third-order valence-corrected chi connectivity index (χ3v) is 3.73. The van der Waals surface area contributed by atoms with E-state index in [1.165, 1.54) is 4.70 Å². The summed E-state index contributed by atoms with van der Waals surface area (Å²) in [6, 6.07) is 15.6. The smallest absolute Gasteiger partial charge is 0.140 e. The van der Waals surface area contributed by atoms with Crippen molar-refractivity contribution in [3.8, 4) is 5.75 Å². The monoisotopic (exact) mass is 271 g/mol. The van der Waals surface area contributed by atoms with Crippen LogP contribution in [0.4, 0.5) is 5.69 Å². The van der Waals surface area contributed by atoms with E-state index in [4.69, 9.17) is 10.6 Å². The van der Waals surface area contributed by atoms with Gasteiger partial charge in [0.15, 0.2) is 0 Å². The van der Waals surface area contributed by atoms with Crippen LogP contribution in [-0.4, -0.2) is 4.98 Å². The Labute approximate surface area is 114 Å². The number of nitrogens with zero attached hydrogens (tertiary/aromatic N) is 1. The van der Waals surface area contributed by atoms with Gasteiger partial charge in [0, 0.05) is 5.69 Å². The van der Waals surface area contributed by atoms with E-state index >= 15 is 0 Å². The summed E-state index contributed by atoms with van der Waals surface area (Å²) in [7, 11) is 0. The lowest BCUT2D eigenvalue weighted by molar-refractivity contribution is 0.306. The molecule has 96 valence electrons. The van der Waals surface area contributed by atoms with Crippen LogP contribution in [0.3, 0.4) is 0 Å². The molecule has 0 aliphatic heterocycles. The molecule has 0 fully saturated rings. The average molecular weight is 271 g/mol. The minimum Gasteiger partial charge on any atom is -0.486 e. The number of nitrogens with two attached hydrogens (primary N) is 1. The second-order valence-corrected chi connectivity index (χ2v) is 5.15. The van der Waals surface area contributed by atoms with Crippen molar-refractivity contribution >= 4 is 27.2 Å². The molecule has 1 heterocycles. The van der Waals surface area contributed by atoms with Gasteiger partial charge in [-0.05, 0) is 36.4 Å². The predicted octanol–water partition coefficient (Wildman–Crippen LogP) is 3.16. The maximum atomic E-state index is 5.70. The Hall–Kier alpha value is -2.11. The highest BCUT2D eigenvalue weighted by Gasteiger charge is 2.03. The second kappa shape index (κ2) is 5.26. The molecule has 0 spiro atoms. The Balaban J connectivity index is 1.70. The first kappa shape index (κ1) is 12.0. The molecular weight excluding hydrogens is 258 g/mol. The van der Waals surface area contributed by atoms with E-state index in [1.807, 2.05) is 42.5 Å². The third kappa shape index (κ3) is 2.67. The summed E-state index contributed by atoms with van der Waals surface area (Å²) in [4.78, 5) is 4.52. The normalized spacial score (nSPS) is 10.6. The minimum absolute atomic E-state index is 0.481. The van der Waals surface area contributed by atoms with E-state index in [0.29, 0.717) is 6.61 Å². The van der Waals surface area contributed by atoms with Crippen molar-refractivity contribution in [2.24, 2.45) is 5.84 Å². The van der Waals surface area contributed by atoms with E-state index in [2.05, 4.69) is 16.5 Å². The zero-order valence-corrected chi connectivity index (χ0v) is 11.0. The number of para-hydroxylation sites is 1. The predicted molar refractivity (Wildman–Crippen MR) is 78.2 cm³/mol. The van der Waals surface area contributed by atoms with Crippen LogP contribution < -0.4 is 16.0 Å². The summed E-state index contributed by atoms with van der Waals surface area (Å²) in [5, 5.41) is 0.974. The van der Waals surface area contributed by atoms with Crippen molar-refractivity contribution in [1.82, 2.24) is 4.98 Å². The lowest BCUT2D eigenvalue weighted by atomic mass is 10.3. The Morgan fingerprint density at radius 3 is 2.63 bits per heavy atom. The average Bonchev–Trinajstić information content (AvgIpc) is 2.88. The summed E-state index contributed by atoms with van der Waals surface area (Å²) in [5.74, 6) is 6.11. The van der Waals surface area contributed by atoms with Gasteiger partial charge in [-0.1, -0.05) is 12.1 Å². The van der Waals surface area contributed by atoms with Crippen molar-refractivity contribution in [1.29, 1.82) is 0 Å². The van der Waals surface area contributed by atoms with Crippen molar-refractivity contribution in [2.75, 3.05) is 5.43 Å². The molecule has 0 bridgehead atoms. The molecule has 1 aromatic heterocycles. The van der Waals surface area contributed by atoms with Crippen molar-refractivity contribution in [3.05, 3.63) is 53.5 Å². The summed E-state index contributed by atoms with van der Waals surface area (Å²) >= 11 is 1.66. The lowest BCUT2D eigenvalue weighted by Gasteiger charge is -2.05. The number of nitrogen functional groups attached to an aromatic ring is 1. The first-order chi connectivity index (χ1) is 9.35. The fourth-order valence-electron chi connectivity index (χ4n) is 1.77. The number of hydrogen-bond donors (Lipinski definition) is 2. The Kier molecular flexibility index (Phi) is 3.31. The van der Waals surface area contributed by atoms with Gasteiger partial charge >= 0.3 is 0 Å². The first-order valence-electron chi connectivity index (χ1n) is 5.89. The zero-order valence-electron chi connectivity index (χ0n) is 10.2. The van der Waals surface area contributed by atoms with Gasteiger partial charge in [-0.2, -0.15) is 0 Å². The van der Waals surface area contributed by atoms with Gasteiger partial charge < -0.3 is 10.2 Å². The van der Waals surface area contributed by atoms with Crippen molar-refractivity contribution in [2.45, 2.75) is 6.61 Å². The standard InChI is InChI=1S/C14H13N3OS/c15-17-10-5-7-11(8-6-10)18-9-14-16-12-3-1-2-4-13(12)19-14/h1-8,17H,9,15H2. The molecule has 3 N–H and O–H groups in total.